The highest BCUT2D eigenvalue weighted by Crippen LogP contribution is 2.20. The monoisotopic (exact) mass is 533 g/mol. The topological polar surface area (TPSA) is 88.7 Å². The lowest BCUT2D eigenvalue weighted by Gasteiger charge is -2.14. The van der Waals surface area contributed by atoms with Crippen LogP contribution in [-0.4, -0.2) is 30.1 Å². The van der Waals surface area contributed by atoms with E-state index < -0.39 is 0 Å². The molecule has 2 amide bonds. The Labute approximate surface area is 229 Å². The predicted octanol–water partition coefficient (Wildman–Crippen LogP) is 6.81. The van der Waals surface area contributed by atoms with Crippen molar-refractivity contribution >= 4 is 40.5 Å². The van der Waals surface area contributed by atoms with Crippen LogP contribution in [0.25, 0.3) is 0 Å². The van der Waals surface area contributed by atoms with Gasteiger partial charge >= 0.3 is 0 Å². The molecule has 0 aromatic heterocycles. The van der Waals surface area contributed by atoms with Crippen LogP contribution < -0.4 is 25.4 Å². The fraction of sp³-hybridized carbons (Fsp3) is 0.300. The van der Waals surface area contributed by atoms with E-state index in [2.05, 4.69) is 22.9 Å². The summed E-state index contributed by atoms with van der Waals surface area (Å²) in [6.07, 6.45) is 5.87. The summed E-state index contributed by atoms with van der Waals surface area (Å²) >= 11 is 5.34. The van der Waals surface area contributed by atoms with Gasteiger partial charge in [-0.15, -0.1) is 0 Å². The molecule has 8 heteroatoms. The van der Waals surface area contributed by atoms with E-state index in [0.717, 1.165) is 24.3 Å². The highest BCUT2D eigenvalue weighted by Gasteiger charge is 2.14. The molecule has 3 aromatic carbocycles. The number of unbranched alkanes of at least 4 members (excludes halogenated alkanes) is 4. The zero-order chi connectivity index (χ0) is 27.2. The molecule has 3 rings (SSSR count). The van der Waals surface area contributed by atoms with E-state index >= 15 is 0 Å². The van der Waals surface area contributed by atoms with Gasteiger partial charge in [0.1, 0.15) is 11.5 Å². The van der Waals surface area contributed by atoms with Gasteiger partial charge in [0.05, 0.1) is 24.5 Å². The van der Waals surface area contributed by atoms with Gasteiger partial charge < -0.3 is 20.1 Å². The number of carbonyl (C=O) groups is 2. The second-order valence-electron chi connectivity index (χ2n) is 8.65. The van der Waals surface area contributed by atoms with Crippen molar-refractivity contribution < 1.29 is 19.1 Å². The number of ether oxygens (including phenoxy) is 2. The van der Waals surface area contributed by atoms with Crippen LogP contribution in [0.2, 0.25) is 0 Å². The van der Waals surface area contributed by atoms with Crippen molar-refractivity contribution in [3.8, 4) is 11.5 Å². The van der Waals surface area contributed by atoms with Crippen LogP contribution >= 0.6 is 12.2 Å². The van der Waals surface area contributed by atoms with Crippen LogP contribution in [0.3, 0.4) is 0 Å². The minimum absolute atomic E-state index is 0.0868. The number of anilines is 2. The van der Waals surface area contributed by atoms with Crippen molar-refractivity contribution in [3.05, 3.63) is 83.9 Å². The number of carbonyl (C=O) groups excluding carboxylic acids is 2. The fourth-order valence-electron chi connectivity index (χ4n) is 3.72. The second-order valence-corrected chi connectivity index (χ2v) is 9.06. The molecule has 0 unspecified atom stereocenters. The zero-order valence-corrected chi connectivity index (χ0v) is 22.7. The van der Waals surface area contributed by atoms with Gasteiger partial charge in [-0.2, -0.15) is 0 Å². The summed E-state index contributed by atoms with van der Waals surface area (Å²) in [5.74, 6) is 0.788. The molecule has 0 aliphatic rings. The first-order chi connectivity index (χ1) is 18.5. The van der Waals surface area contributed by atoms with Crippen LogP contribution in [0.15, 0.2) is 72.8 Å². The largest absolute Gasteiger partial charge is 0.494 e. The molecule has 0 radical (unpaired) electrons. The Balaban J connectivity index is 1.52. The first-order valence-corrected chi connectivity index (χ1v) is 13.4. The van der Waals surface area contributed by atoms with Gasteiger partial charge in [-0.1, -0.05) is 44.7 Å². The highest BCUT2D eigenvalue weighted by atomic mass is 32.1. The summed E-state index contributed by atoms with van der Waals surface area (Å²) in [4.78, 5) is 25.6. The lowest BCUT2D eigenvalue weighted by atomic mass is 10.1. The van der Waals surface area contributed by atoms with Crippen molar-refractivity contribution in [3.63, 3.8) is 0 Å². The summed E-state index contributed by atoms with van der Waals surface area (Å²) in [7, 11) is 0. The van der Waals surface area contributed by atoms with Crippen molar-refractivity contribution in [2.24, 2.45) is 0 Å². The van der Waals surface area contributed by atoms with Gasteiger partial charge in [0.2, 0.25) is 0 Å². The van der Waals surface area contributed by atoms with Crippen LogP contribution in [0.1, 0.15) is 66.7 Å². The molecular formula is C30H35N3O4S. The maximum atomic E-state index is 12.9. The van der Waals surface area contributed by atoms with Gasteiger partial charge in [0.15, 0.2) is 5.11 Å². The molecule has 0 spiro atoms. The minimum atomic E-state index is -0.357. The maximum Gasteiger partial charge on any atom is 0.257 e. The number of nitrogens with one attached hydrogen (secondary N) is 3. The normalized spacial score (nSPS) is 10.4. The van der Waals surface area contributed by atoms with Gasteiger partial charge in [-0.25, -0.2) is 0 Å². The molecule has 0 saturated carbocycles. The Morgan fingerprint density at radius 3 is 2.11 bits per heavy atom. The SMILES string of the molecule is CCCCCCCOc1ccc(C(=O)NC(=S)Nc2ccccc2C(=O)Nc2ccc(OCC)cc2)cc1. The van der Waals surface area contributed by atoms with Gasteiger partial charge in [0, 0.05) is 11.3 Å². The van der Waals surface area contributed by atoms with Crippen LogP contribution in [-0.2, 0) is 0 Å². The molecule has 200 valence electrons. The Hall–Kier alpha value is -3.91. The maximum absolute atomic E-state index is 12.9. The fourth-order valence-corrected chi connectivity index (χ4v) is 3.92. The number of rotatable bonds is 13. The van der Waals surface area contributed by atoms with Crippen LogP contribution in [0.4, 0.5) is 11.4 Å². The van der Waals surface area contributed by atoms with Crippen LogP contribution in [0, 0.1) is 0 Å². The Kier molecular flexibility index (Phi) is 11.6. The third-order valence-corrected chi connectivity index (χ3v) is 5.91. The smallest absolute Gasteiger partial charge is 0.257 e. The molecule has 38 heavy (non-hydrogen) atoms. The minimum Gasteiger partial charge on any atom is -0.494 e. The van der Waals surface area contributed by atoms with E-state index in [1.54, 1.807) is 72.8 Å². The van der Waals surface area contributed by atoms with Crippen molar-refractivity contribution in [2.75, 3.05) is 23.8 Å². The van der Waals surface area contributed by atoms with Gasteiger partial charge in [0.25, 0.3) is 11.8 Å². The Morgan fingerprint density at radius 1 is 0.737 bits per heavy atom. The third-order valence-electron chi connectivity index (χ3n) is 5.70. The summed E-state index contributed by atoms with van der Waals surface area (Å²) in [5.41, 5.74) is 1.94. The summed E-state index contributed by atoms with van der Waals surface area (Å²) < 4.78 is 11.2. The molecule has 0 bridgehead atoms. The molecule has 0 aliphatic carbocycles. The Bertz CT molecular complexity index is 1200. The number of thiocarbonyl (C=S) groups is 1. The first-order valence-electron chi connectivity index (χ1n) is 13.0. The van der Waals surface area contributed by atoms with Gasteiger partial charge in [-0.3, -0.25) is 14.9 Å². The zero-order valence-electron chi connectivity index (χ0n) is 21.9. The Morgan fingerprint density at radius 2 is 1.39 bits per heavy atom. The van der Waals surface area contributed by atoms with E-state index in [9.17, 15) is 9.59 Å². The van der Waals surface area contributed by atoms with E-state index in [0.29, 0.717) is 35.7 Å². The number of hydrogen-bond acceptors (Lipinski definition) is 5. The molecular weight excluding hydrogens is 498 g/mol. The number of hydrogen-bond donors (Lipinski definition) is 3. The highest BCUT2D eigenvalue weighted by molar-refractivity contribution is 7.80. The molecule has 3 N–H and O–H groups in total. The molecule has 7 nitrogen and oxygen atoms in total. The summed E-state index contributed by atoms with van der Waals surface area (Å²) in [6.45, 7) is 5.34. The lowest BCUT2D eigenvalue weighted by Crippen LogP contribution is -2.34. The number of amides is 2. The van der Waals surface area contributed by atoms with E-state index in [-0.39, 0.29) is 16.9 Å². The average molecular weight is 534 g/mol. The van der Waals surface area contributed by atoms with E-state index in [1.807, 2.05) is 6.92 Å². The molecule has 0 saturated heterocycles. The summed E-state index contributed by atoms with van der Waals surface area (Å²) in [5, 5.41) is 8.57. The van der Waals surface area contributed by atoms with Crippen molar-refractivity contribution in [1.82, 2.24) is 5.32 Å². The summed E-state index contributed by atoms with van der Waals surface area (Å²) in [6, 6.07) is 21.0. The average Bonchev–Trinajstić information content (AvgIpc) is 2.92. The predicted molar refractivity (Wildman–Crippen MR) is 156 cm³/mol. The second kappa shape index (κ2) is 15.4. The first kappa shape index (κ1) is 28.7. The van der Waals surface area contributed by atoms with Crippen molar-refractivity contribution in [1.29, 1.82) is 0 Å². The third kappa shape index (κ3) is 9.19. The van der Waals surface area contributed by atoms with E-state index in [1.165, 1.54) is 19.3 Å². The van der Waals surface area contributed by atoms with E-state index in [4.69, 9.17) is 21.7 Å². The van der Waals surface area contributed by atoms with Gasteiger partial charge in [-0.05, 0) is 86.2 Å². The molecule has 0 aliphatic heterocycles. The van der Waals surface area contributed by atoms with Crippen molar-refractivity contribution in [2.45, 2.75) is 46.0 Å². The molecule has 0 heterocycles. The molecule has 0 atom stereocenters. The number of para-hydroxylation sites is 1. The van der Waals surface area contributed by atoms with Crippen LogP contribution in [0.5, 0.6) is 11.5 Å². The quantitative estimate of drug-likeness (QED) is 0.165. The molecule has 3 aromatic rings. The lowest BCUT2D eigenvalue weighted by molar-refractivity contribution is 0.0976. The standard InChI is InChI=1S/C30H35N3O4S/c1-3-5-6-7-10-21-37-25-17-13-22(14-18-25)28(34)33-30(38)32-27-12-9-8-11-26(27)29(35)31-23-15-19-24(20-16-23)36-4-2/h8-9,11-20H,3-7,10,21H2,1-2H3,(H,31,35)(H2,32,33,34,38). The molecule has 0 fully saturated rings. The number of benzene rings is 3.